The molecule has 0 fully saturated rings. The summed E-state index contributed by atoms with van der Waals surface area (Å²) in [6, 6.07) is 4.79. The number of benzene rings is 1. The van der Waals surface area contributed by atoms with Crippen LogP contribution in [0.15, 0.2) is 23.3 Å². The Kier molecular flexibility index (Phi) is 7.47. The van der Waals surface area contributed by atoms with Crippen LogP contribution in [0.4, 0.5) is 5.00 Å². The van der Waals surface area contributed by atoms with E-state index in [0.717, 1.165) is 36.1 Å². The van der Waals surface area contributed by atoms with Crippen molar-refractivity contribution in [3.63, 3.8) is 0 Å². The van der Waals surface area contributed by atoms with E-state index in [2.05, 4.69) is 15.8 Å². The molecule has 3 rings (SSSR count). The predicted octanol–water partition coefficient (Wildman–Crippen LogP) is 4.20. The Morgan fingerprint density at radius 3 is 2.70 bits per heavy atom. The topological polar surface area (TPSA) is 96.9 Å². The number of nitrogens with zero attached hydrogens (tertiary/aromatic N) is 1. The van der Waals surface area contributed by atoms with Gasteiger partial charge in [-0.2, -0.15) is 5.10 Å². The molecule has 0 radical (unpaired) electrons. The van der Waals surface area contributed by atoms with Gasteiger partial charge >= 0.3 is 17.8 Å². The van der Waals surface area contributed by atoms with E-state index in [9.17, 15) is 14.4 Å². The molecule has 10 heteroatoms. The Bertz CT molecular complexity index is 1020. The highest BCUT2D eigenvalue weighted by Crippen LogP contribution is 2.38. The molecule has 1 aliphatic rings. The van der Waals surface area contributed by atoms with Crippen molar-refractivity contribution in [2.24, 2.45) is 5.10 Å². The van der Waals surface area contributed by atoms with Gasteiger partial charge in [-0.05, 0) is 50.3 Å². The lowest BCUT2D eigenvalue weighted by Crippen LogP contribution is -2.32. The highest BCUT2D eigenvalue weighted by molar-refractivity contribution is 7.17. The Morgan fingerprint density at radius 1 is 1.20 bits per heavy atom. The zero-order valence-electron chi connectivity index (χ0n) is 16.1. The fourth-order valence-electron chi connectivity index (χ4n) is 3.05. The number of nitrogens with one attached hydrogen (secondary N) is 2. The smallest absolute Gasteiger partial charge is 0.341 e. The first-order valence-corrected chi connectivity index (χ1v) is 10.9. The van der Waals surface area contributed by atoms with Crippen LogP contribution in [-0.2, 0) is 27.2 Å². The lowest BCUT2D eigenvalue weighted by Gasteiger charge is -2.12. The molecule has 1 aliphatic carbocycles. The fourth-order valence-corrected chi connectivity index (χ4v) is 4.78. The minimum atomic E-state index is -0.975. The van der Waals surface area contributed by atoms with Crippen molar-refractivity contribution in [1.29, 1.82) is 0 Å². The van der Waals surface area contributed by atoms with Crippen LogP contribution in [0, 0.1) is 0 Å². The van der Waals surface area contributed by atoms with Gasteiger partial charge in [-0.3, -0.25) is 9.59 Å². The first kappa shape index (κ1) is 22.3. The molecule has 0 unspecified atom stereocenters. The third-order valence-corrected chi connectivity index (χ3v) is 6.19. The van der Waals surface area contributed by atoms with Crippen LogP contribution >= 0.6 is 34.5 Å². The summed E-state index contributed by atoms with van der Waals surface area (Å²) in [6.45, 7) is 1.94. The standard InChI is InChI=1S/C20H19Cl2N3O4S/c1-2-29-20(28)16-13-5-3-4-6-15(13)30-19(16)24-17(26)18(27)25-23-10-11-7-8-12(21)9-14(11)22/h7-10H,2-6H2,1H3,(H,24,26)(H,25,27). The third kappa shape index (κ3) is 5.19. The minimum absolute atomic E-state index is 0.222. The number of halogens is 2. The molecule has 0 saturated heterocycles. The molecule has 1 aromatic heterocycles. The van der Waals surface area contributed by atoms with Gasteiger partial charge in [0.2, 0.25) is 0 Å². The predicted molar refractivity (Wildman–Crippen MR) is 118 cm³/mol. The van der Waals surface area contributed by atoms with Crippen LogP contribution in [0.2, 0.25) is 10.0 Å². The number of ether oxygens (including phenoxy) is 1. The van der Waals surface area contributed by atoms with E-state index in [1.165, 1.54) is 23.6 Å². The van der Waals surface area contributed by atoms with Crippen molar-refractivity contribution < 1.29 is 19.1 Å². The average Bonchev–Trinajstić information content (AvgIpc) is 3.07. The molecule has 0 bridgehead atoms. The van der Waals surface area contributed by atoms with E-state index in [1.807, 2.05) is 0 Å². The SMILES string of the molecule is CCOC(=O)c1c(NC(=O)C(=O)NN=Cc2ccc(Cl)cc2Cl)sc2c1CCCC2. The van der Waals surface area contributed by atoms with Gasteiger partial charge in [-0.15, -0.1) is 11.3 Å². The lowest BCUT2D eigenvalue weighted by atomic mass is 9.95. The van der Waals surface area contributed by atoms with Crippen LogP contribution in [0.1, 0.15) is 46.1 Å². The average molecular weight is 468 g/mol. The van der Waals surface area contributed by atoms with Crippen molar-refractivity contribution in [2.45, 2.75) is 32.6 Å². The molecule has 158 valence electrons. The number of carbonyl (C=O) groups excluding carboxylic acids is 3. The van der Waals surface area contributed by atoms with Crippen LogP contribution in [0.5, 0.6) is 0 Å². The van der Waals surface area contributed by atoms with Crippen molar-refractivity contribution in [1.82, 2.24) is 5.43 Å². The summed E-state index contributed by atoms with van der Waals surface area (Å²) in [5.41, 5.74) is 3.91. The second kappa shape index (κ2) is 10.1. The summed E-state index contributed by atoms with van der Waals surface area (Å²) in [4.78, 5) is 37.9. The van der Waals surface area contributed by atoms with E-state index < -0.39 is 17.8 Å². The van der Waals surface area contributed by atoms with Crippen LogP contribution < -0.4 is 10.7 Å². The number of anilines is 1. The van der Waals surface area contributed by atoms with Gasteiger partial charge < -0.3 is 10.1 Å². The maximum Gasteiger partial charge on any atom is 0.341 e. The summed E-state index contributed by atoms with van der Waals surface area (Å²) in [7, 11) is 0. The van der Waals surface area contributed by atoms with Crippen molar-refractivity contribution in [3.8, 4) is 0 Å². The van der Waals surface area contributed by atoms with E-state index in [0.29, 0.717) is 26.2 Å². The maximum atomic E-state index is 12.4. The van der Waals surface area contributed by atoms with Gasteiger partial charge in [0.1, 0.15) is 5.00 Å². The van der Waals surface area contributed by atoms with Crippen molar-refractivity contribution in [2.75, 3.05) is 11.9 Å². The Hall–Kier alpha value is -2.42. The van der Waals surface area contributed by atoms with Crippen LogP contribution in [0.3, 0.4) is 0 Å². The number of hydrazone groups is 1. The summed E-state index contributed by atoms with van der Waals surface area (Å²) < 4.78 is 5.14. The molecule has 30 heavy (non-hydrogen) atoms. The molecule has 0 aliphatic heterocycles. The second-order valence-electron chi connectivity index (χ2n) is 6.45. The molecule has 0 spiro atoms. The van der Waals surface area contributed by atoms with Gasteiger partial charge in [0.05, 0.1) is 23.4 Å². The number of hydrogen-bond acceptors (Lipinski definition) is 6. The Labute approximate surface area is 187 Å². The number of carbonyl (C=O) groups is 3. The van der Waals surface area contributed by atoms with Gasteiger partial charge in [-0.25, -0.2) is 10.2 Å². The number of aryl methyl sites for hydroxylation is 1. The minimum Gasteiger partial charge on any atom is -0.462 e. The maximum absolute atomic E-state index is 12.4. The zero-order chi connectivity index (χ0) is 21.7. The first-order valence-electron chi connectivity index (χ1n) is 9.31. The summed E-state index contributed by atoms with van der Waals surface area (Å²) >= 11 is 13.2. The summed E-state index contributed by atoms with van der Waals surface area (Å²) in [5, 5.41) is 7.42. The van der Waals surface area contributed by atoms with E-state index in [1.54, 1.807) is 19.1 Å². The first-order chi connectivity index (χ1) is 14.4. The van der Waals surface area contributed by atoms with E-state index in [-0.39, 0.29) is 6.61 Å². The molecule has 2 N–H and O–H groups in total. The number of thiophene rings is 1. The number of rotatable bonds is 5. The number of hydrogen-bond donors (Lipinski definition) is 2. The van der Waals surface area contributed by atoms with Crippen molar-refractivity contribution >= 4 is 63.5 Å². The van der Waals surface area contributed by atoms with Gasteiger partial charge in [0, 0.05) is 15.5 Å². The number of esters is 1. The van der Waals surface area contributed by atoms with E-state index >= 15 is 0 Å². The quantitative estimate of drug-likeness (QED) is 0.298. The lowest BCUT2D eigenvalue weighted by molar-refractivity contribution is -0.136. The molecular weight excluding hydrogens is 449 g/mol. The molecule has 0 atom stereocenters. The third-order valence-electron chi connectivity index (χ3n) is 4.42. The number of amides is 2. The molecule has 1 aromatic carbocycles. The Morgan fingerprint density at radius 2 is 1.97 bits per heavy atom. The van der Waals surface area contributed by atoms with E-state index in [4.69, 9.17) is 27.9 Å². The van der Waals surface area contributed by atoms with Gasteiger partial charge in [0.15, 0.2) is 0 Å². The summed E-state index contributed by atoms with van der Waals surface area (Å²) in [6.07, 6.45) is 4.87. The Balaban J connectivity index is 1.70. The van der Waals surface area contributed by atoms with Gasteiger partial charge in [-0.1, -0.05) is 29.3 Å². The summed E-state index contributed by atoms with van der Waals surface area (Å²) in [5.74, 6) is -2.40. The molecule has 2 aromatic rings. The number of fused-ring (bicyclic) bond motifs is 1. The monoisotopic (exact) mass is 467 g/mol. The van der Waals surface area contributed by atoms with Crippen LogP contribution in [-0.4, -0.2) is 30.6 Å². The normalized spacial score (nSPS) is 13.0. The highest BCUT2D eigenvalue weighted by atomic mass is 35.5. The zero-order valence-corrected chi connectivity index (χ0v) is 18.4. The molecule has 1 heterocycles. The molecule has 7 nitrogen and oxygen atoms in total. The largest absolute Gasteiger partial charge is 0.462 e. The second-order valence-corrected chi connectivity index (χ2v) is 8.40. The molecule has 2 amide bonds. The van der Waals surface area contributed by atoms with Crippen LogP contribution in [0.25, 0.3) is 0 Å². The van der Waals surface area contributed by atoms with Gasteiger partial charge in [0.25, 0.3) is 0 Å². The molecule has 0 saturated carbocycles. The molecular formula is C20H19Cl2N3O4S. The highest BCUT2D eigenvalue weighted by Gasteiger charge is 2.28. The van der Waals surface area contributed by atoms with Crippen molar-refractivity contribution in [3.05, 3.63) is 49.8 Å². The fraction of sp³-hybridized carbons (Fsp3) is 0.300.